The first-order valence-electron chi connectivity index (χ1n) is 12.4. The zero-order valence-corrected chi connectivity index (χ0v) is 19.3. The molecule has 3 aromatic rings. The second-order valence-electron chi connectivity index (χ2n) is 9.11. The molecule has 0 saturated heterocycles. The van der Waals surface area contributed by atoms with E-state index >= 15 is 0 Å². The number of hydrogen-bond acceptors (Lipinski definition) is 5. The fourth-order valence-electron chi connectivity index (χ4n) is 4.79. The van der Waals surface area contributed by atoms with E-state index in [1.54, 1.807) is 0 Å². The third-order valence-corrected chi connectivity index (χ3v) is 6.64. The average Bonchev–Trinajstić information content (AvgIpc) is 3.58. The van der Waals surface area contributed by atoms with Crippen molar-refractivity contribution in [3.63, 3.8) is 0 Å². The van der Waals surface area contributed by atoms with Crippen molar-refractivity contribution in [1.82, 2.24) is 15.3 Å². The van der Waals surface area contributed by atoms with Crippen molar-refractivity contribution in [2.45, 2.75) is 50.9 Å². The molecular weight excluding hydrogens is 406 g/mol. The van der Waals surface area contributed by atoms with Crippen LogP contribution in [0.25, 0.3) is 11.3 Å². The van der Waals surface area contributed by atoms with Gasteiger partial charge in [-0.2, -0.15) is 0 Å². The fourth-order valence-corrected chi connectivity index (χ4v) is 4.79. The lowest BCUT2D eigenvalue weighted by molar-refractivity contribution is 0.657. The van der Waals surface area contributed by atoms with E-state index in [-0.39, 0.29) is 0 Å². The summed E-state index contributed by atoms with van der Waals surface area (Å²) in [6.07, 6.45) is 8.19. The molecule has 0 bridgehead atoms. The molecule has 5 heteroatoms. The molecule has 0 unspecified atom stereocenters. The van der Waals surface area contributed by atoms with Crippen molar-refractivity contribution in [2.24, 2.45) is 4.99 Å². The van der Waals surface area contributed by atoms with E-state index in [4.69, 9.17) is 9.97 Å². The Morgan fingerprint density at radius 2 is 1.73 bits per heavy atom. The molecule has 5 rings (SSSR count). The molecule has 33 heavy (non-hydrogen) atoms. The summed E-state index contributed by atoms with van der Waals surface area (Å²) in [5.74, 6) is 2.60. The third-order valence-electron chi connectivity index (χ3n) is 6.64. The quantitative estimate of drug-likeness (QED) is 0.469. The van der Waals surface area contributed by atoms with Gasteiger partial charge in [-0.15, -0.1) is 0 Å². The van der Waals surface area contributed by atoms with E-state index in [0.29, 0.717) is 5.92 Å². The van der Waals surface area contributed by atoms with Crippen molar-refractivity contribution in [3.8, 4) is 11.3 Å². The molecule has 0 amide bonds. The van der Waals surface area contributed by atoms with Gasteiger partial charge in [0.25, 0.3) is 0 Å². The van der Waals surface area contributed by atoms with Crippen molar-refractivity contribution in [3.05, 3.63) is 77.7 Å². The van der Waals surface area contributed by atoms with Crippen LogP contribution >= 0.6 is 0 Å². The minimum atomic E-state index is 0.512. The largest absolute Gasteiger partial charge is 0.378 e. The lowest BCUT2D eigenvalue weighted by atomic mass is 10.0. The fraction of sp³-hybridized carbons (Fsp3) is 0.393. The number of aromatic nitrogens is 2. The molecule has 170 valence electrons. The summed E-state index contributed by atoms with van der Waals surface area (Å²) in [6, 6.07) is 21.5. The topological polar surface area (TPSA) is 62.2 Å². The molecule has 1 saturated carbocycles. The monoisotopic (exact) mass is 439 g/mol. The highest BCUT2D eigenvalue weighted by atomic mass is 15.1. The molecule has 1 aliphatic carbocycles. The van der Waals surface area contributed by atoms with Crippen LogP contribution in [0.1, 0.15) is 55.1 Å². The van der Waals surface area contributed by atoms with Gasteiger partial charge in [0.05, 0.1) is 18.8 Å². The van der Waals surface area contributed by atoms with Gasteiger partial charge in [-0.1, -0.05) is 55.3 Å². The van der Waals surface area contributed by atoms with Gasteiger partial charge in [0.2, 0.25) is 0 Å². The van der Waals surface area contributed by atoms with Crippen LogP contribution in [-0.2, 0) is 12.8 Å². The summed E-state index contributed by atoms with van der Waals surface area (Å²) in [6.45, 7) is 2.56. The highest BCUT2D eigenvalue weighted by Crippen LogP contribution is 2.33. The van der Waals surface area contributed by atoms with Crippen LogP contribution in [0.3, 0.4) is 0 Å². The third kappa shape index (κ3) is 5.78. The molecule has 0 spiro atoms. The second kappa shape index (κ2) is 10.6. The van der Waals surface area contributed by atoms with Crippen molar-refractivity contribution >= 4 is 11.5 Å². The zero-order chi connectivity index (χ0) is 22.3. The van der Waals surface area contributed by atoms with E-state index in [0.717, 1.165) is 67.5 Å². The predicted octanol–water partition coefficient (Wildman–Crippen LogP) is 5.39. The van der Waals surface area contributed by atoms with Crippen molar-refractivity contribution < 1.29 is 0 Å². The van der Waals surface area contributed by atoms with Gasteiger partial charge in [-0.05, 0) is 55.9 Å². The molecule has 1 aromatic heterocycles. The first-order valence-corrected chi connectivity index (χ1v) is 12.4. The van der Waals surface area contributed by atoms with Gasteiger partial charge in [0.1, 0.15) is 11.7 Å². The van der Waals surface area contributed by atoms with E-state index in [1.807, 2.05) is 0 Å². The Balaban J connectivity index is 1.30. The lowest BCUT2D eigenvalue weighted by Crippen LogP contribution is -2.26. The number of rotatable bonds is 9. The molecule has 2 aromatic carbocycles. The summed E-state index contributed by atoms with van der Waals surface area (Å²) in [5.41, 5.74) is 5.87. The first kappa shape index (κ1) is 21.6. The number of aliphatic imine (C=N–C) groups is 1. The Morgan fingerprint density at radius 3 is 2.48 bits per heavy atom. The normalized spacial score (nSPS) is 15.9. The first-order chi connectivity index (χ1) is 16.3. The summed E-state index contributed by atoms with van der Waals surface area (Å²) in [5, 5.41) is 6.75. The maximum absolute atomic E-state index is 5.03. The van der Waals surface area contributed by atoms with Gasteiger partial charge in [-0.3, -0.25) is 4.99 Å². The van der Waals surface area contributed by atoms with Gasteiger partial charge >= 0.3 is 0 Å². The Hall–Kier alpha value is -3.21. The van der Waals surface area contributed by atoms with E-state index in [1.165, 1.54) is 36.9 Å². The minimum Gasteiger partial charge on any atom is -0.378 e. The molecule has 0 radical (unpaired) electrons. The average molecular weight is 440 g/mol. The lowest BCUT2D eigenvalue weighted by Gasteiger charge is -2.13. The zero-order valence-electron chi connectivity index (χ0n) is 19.3. The number of aryl methyl sites for hydroxylation is 2. The van der Waals surface area contributed by atoms with Crippen LogP contribution in [0.15, 0.2) is 65.7 Å². The summed E-state index contributed by atoms with van der Waals surface area (Å²) in [7, 11) is 0. The number of anilines is 1. The second-order valence-corrected chi connectivity index (χ2v) is 9.11. The highest BCUT2D eigenvalue weighted by molar-refractivity contribution is 5.87. The molecule has 5 nitrogen and oxygen atoms in total. The Labute approximate surface area is 196 Å². The SMILES string of the molecule is c1ccc(CCCc2cc(-c3ccc(NCC4=NCCN4)cc3)nc(C3CCCC3)n2)cc1. The summed E-state index contributed by atoms with van der Waals surface area (Å²) < 4.78 is 0. The number of hydrogen-bond donors (Lipinski definition) is 2. The smallest absolute Gasteiger partial charge is 0.132 e. The molecular formula is C28H33N5. The molecule has 2 heterocycles. The molecule has 2 N–H and O–H groups in total. The van der Waals surface area contributed by atoms with Crippen LogP contribution in [0, 0.1) is 0 Å². The van der Waals surface area contributed by atoms with Crippen LogP contribution in [-0.4, -0.2) is 35.4 Å². The molecule has 0 atom stereocenters. The number of amidine groups is 1. The van der Waals surface area contributed by atoms with Gasteiger partial charge < -0.3 is 10.6 Å². The van der Waals surface area contributed by atoms with E-state index in [9.17, 15) is 0 Å². The Bertz CT molecular complexity index is 1070. The summed E-state index contributed by atoms with van der Waals surface area (Å²) >= 11 is 0. The Kier molecular flexibility index (Phi) is 6.95. The van der Waals surface area contributed by atoms with Crippen molar-refractivity contribution in [2.75, 3.05) is 25.0 Å². The van der Waals surface area contributed by atoms with E-state index < -0.39 is 0 Å². The Morgan fingerprint density at radius 1 is 0.909 bits per heavy atom. The van der Waals surface area contributed by atoms with Crippen LogP contribution < -0.4 is 10.6 Å². The van der Waals surface area contributed by atoms with Gasteiger partial charge in [-0.25, -0.2) is 9.97 Å². The van der Waals surface area contributed by atoms with Gasteiger partial charge in [0.15, 0.2) is 0 Å². The number of benzene rings is 2. The summed E-state index contributed by atoms with van der Waals surface area (Å²) in [4.78, 5) is 14.5. The minimum absolute atomic E-state index is 0.512. The maximum atomic E-state index is 5.03. The highest BCUT2D eigenvalue weighted by Gasteiger charge is 2.21. The van der Waals surface area contributed by atoms with Crippen LogP contribution in [0.4, 0.5) is 5.69 Å². The molecule has 1 aliphatic heterocycles. The molecule has 2 aliphatic rings. The van der Waals surface area contributed by atoms with Gasteiger partial charge in [0, 0.05) is 29.4 Å². The van der Waals surface area contributed by atoms with Crippen molar-refractivity contribution in [1.29, 1.82) is 0 Å². The standard InChI is InChI=1S/C28H33N5/c1-2-7-21(8-3-1)9-6-12-25-19-26(33-28(32-25)23-10-4-5-11-23)22-13-15-24(16-14-22)31-20-27-29-17-18-30-27/h1-3,7-8,13-16,19,23,31H,4-6,9-12,17-18,20H2,(H,29,30). The number of nitrogens with one attached hydrogen (secondary N) is 2. The van der Waals surface area contributed by atoms with Crippen LogP contribution in [0.5, 0.6) is 0 Å². The van der Waals surface area contributed by atoms with E-state index in [2.05, 4.69) is 76.3 Å². The maximum Gasteiger partial charge on any atom is 0.132 e. The van der Waals surface area contributed by atoms with Crippen LogP contribution in [0.2, 0.25) is 0 Å². The predicted molar refractivity (Wildman–Crippen MR) is 136 cm³/mol. The number of nitrogens with zero attached hydrogens (tertiary/aromatic N) is 3. The molecule has 1 fully saturated rings.